The molecule has 2 heterocycles. The summed E-state index contributed by atoms with van der Waals surface area (Å²) in [7, 11) is 0. The molecule has 7 heteroatoms. The van der Waals surface area contributed by atoms with Gasteiger partial charge in [-0.3, -0.25) is 19.3 Å². The van der Waals surface area contributed by atoms with Crippen molar-refractivity contribution in [3.8, 4) is 0 Å². The molecule has 0 atom stereocenters. The van der Waals surface area contributed by atoms with Crippen molar-refractivity contribution in [3.05, 3.63) is 53.0 Å². The minimum atomic E-state index is -0.300. The van der Waals surface area contributed by atoms with E-state index in [2.05, 4.69) is 10.3 Å². The zero-order valence-corrected chi connectivity index (χ0v) is 14.8. The van der Waals surface area contributed by atoms with Crippen LogP contribution in [-0.2, 0) is 9.59 Å². The van der Waals surface area contributed by atoms with Crippen molar-refractivity contribution < 1.29 is 14.4 Å². The number of nitrogens with zero attached hydrogens (tertiary/aromatic N) is 2. The van der Waals surface area contributed by atoms with Gasteiger partial charge in [-0.1, -0.05) is 6.07 Å². The van der Waals surface area contributed by atoms with Crippen LogP contribution in [0.2, 0.25) is 0 Å². The monoisotopic (exact) mass is 365 g/mol. The molecule has 0 radical (unpaired) electrons. The van der Waals surface area contributed by atoms with Crippen molar-refractivity contribution in [2.45, 2.75) is 19.8 Å². The zero-order chi connectivity index (χ0) is 18.3. The molecule has 1 N–H and O–H groups in total. The van der Waals surface area contributed by atoms with Crippen LogP contribution in [-0.4, -0.2) is 22.7 Å². The number of fused-ring (bicyclic) bond motifs is 1. The maximum atomic E-state index is 12.6. The van der Waals surface area contributed by atoms with Gasteiger partial charge in [-0.15, -0.1) is 11.3 Å². The number of carbonyl (C=O) groups is 3. The Morgan fingerprint density at radius 3 is 2.65 bits per heavy atom. The average Bonchev–Trinajstić information content (AvgIpc) is 3.15. The molecule has 1 aromatic heterocycles. The van der Waals surface area contributed by atoms with Gasteiger partial charge in [-0.2, -0.15) is 0 Å². The third-order valence-electron chi connectivity index (χ3n) is 4.17. The number of hydrogen-bond acceptors (Lipinski definition) is 5. The fourth-order valence-corrected chi connectivity index (χ4v) is 3.84. The van der Waals surface area contributed by atoms with E-state index < -0.39 is 0 Å². The van der Waals surface area contributed by atoms with Gasteiger partial charge >= 0.3 is 0 Å². The van der Waals surface area contributed by atoms with Gasteiger partial charge in [0.05, 0.1) is 20.9 Å². The molecule has 0 unspecified atom stereocenters. The van der Waals surface area contributed by atoms with E-state index in [4.69, 9.17) is 0 Å². The van der Waals surface area contributed by atoms with Gasteiger partial charge in [-0.05, 0) is 43.3 Å². The summed E-state index contributed by atoms with van der Waals surface area (Å²) in [6, 6.07) is 12.1. The number of hydrogen-bond donors (Lipinski definition) is 1. The number of imide groups is 1. The summed E-state index contributed by atoms with van der Waals surface area (Å²) in [5.74, 6) is -0.774. The number of aromatic nitrogens is 1. The van der Waals surface area contributed by atoms with Crippen molar-refractivity contribution in [2.24, 2.45) is 0 Å². The molecule has 0 spiro atoms. The largest absolute Gasteiger partial charge is 0.322 e. The minimum Gasteiger partial charge on any atom is -0.322 e. The standard InChI is InChI=1S/C19H15N3O3S/c1-11-20-15-6-5-13(10-16(15)26-11)21-19(25)12-3-2-4-14(9-12)22-17(23)7-8-18(22)24/h2-6,9-10H,7-8H2,1H3,(H,21,25). The highest BCUT2D eigenvalue weighted by molar-refractivity contribution is 7.18. The van der Waals surface area contributed by atoms with Crippen LogP contribution in [0.3, 0.4) is 0 Å². The second-order valence-corrected chi connectivity index (χ2v) is 7.28. The van der Waals surface area contributed by atoms with Crippen molar-refractivity contribution >= 4 is 50.6 Å². The van der Waals surface area contributed by atoms with Crippen molar-refractivity contribution in [1.82, 2.24) is 4.98 Å². The maximum Gasteiger partial charge on any atom is 0.255 e. The van der Waals surface area contributed by atoms with Crippen molar-refractivity contribution in [2.75, 3.05) is 10.2 Å². The fourth-order valence-electron chi connectivity index (χ4n) is 2.97. The lowest BCUT2D eigenvalue weighted by Crippen LogP contribution is -2.28. The van der Waals surface area contributed by atoms with E-state index in [1.807, 2.05) is 19.1 Å². The van der Waals surface area contributed by atoms with Crippen LogP contribution in [0.25, 0.3) is 10.2 Å². The van der Waals surface area contributed by atoms with Gasteiger partial charge in [0.2, 0.25) is 11.8 Å². The Morgan fingerprint density at radius 2 is 1.88 bits per heavy atom. The summed E-state index contributed by atoms with van der Waals surface area (Å²) in [6.45, 7) is 1.94. The number of rotatable bonds is 3. The second-order valence-electron chi connectivity index (χ2n) is 6.04. The van der Waals surface area contributed by atoms with Crippen LogP contribution in [0.15, 0.2) is 42.5 Å². The van der Waals surface area contributed by atoms with Crippen LogP contribution >= 0.6 is 11.3 Å². The molecular weight excluding hydrogens is 350 g/mol. The Bertz CT molecular complexity index is 1040. The van der Waals surface area contributed by atoms with E-state index in [1.54, 1.807) is 41.7 Å². The normalized spacial score (nSPS) is 14.3. The van der Waals surface area contributed by atoms with Crippen LogP contribution < -0.4 is 10.2 Å². The van der Waals surface area contributed by atoms with Gasteiger partial charge in [0, 0.05) is 24.1 Å². The molecule has 1 saturated heterocycles. The Balaban J connectivity index is 1.58. The first kappa shape index (κ1) is 16.4. The molecule has 130 valence electrons. The van der Waals surface area contributed by atoms with E-state index in [0.717, 1.165) is 20.1 Å². The molecule has 3 aromatic rings. The third kappa shape index (κ3) is 2.97. The molecule has 2 aromatic carbocycles. The zero-order valence-electron chi connectivity index (χ0n) is 14.0. The lowest BCUT2D eigenvalue weighted by atomic mass is 10.1. The van der Waals surface area contributed by atoms with E-state index in [0.29, 0.717) is 16.9 Å². The molecule has 1 fully saturated rings. The molecule has 0 bridgehead atoms. The van der Waals surface area contributed by atoms with Crippen LogP contribution in [0.4, 0.5) is 11.4 Å². The Kier molecular flexibility index (Phi) is 4.00. The summed E-state index contributed by atoms with van der Waals surface area (Å²) in [6.07, 6.45) is 0.424. The van der Waals surface area contributed by atoms with Gasteiger partial charge < -0.3 is 5.32 Å². The quantitative estimate of drug-likeness (QED) is 0.721. The third-order valence-corrected chi connectivity index (χ3v) is 5.10. The molecule has 0 saturated carbocycles. The Hall–Kier alpha value is -3.06. The highest BCUT2D eigenvalue weighted by Gasteiger charge is 2.30. The van der Waals surface area contributed by atoms with Crippen LogP contribution in [0.5, 0.6) is 0 Å². The average molecular weight is 365 g/mol. The molecule has 26 heavy (non-hydrogen) atoms. The van der Waals surface area contributed by atoms with Gasteiger partial charge in [0.15, 0.2) is 0 Å². The minimum absolute atomic E-state index is 0.212. The summed E-state index contributed by atoms with van der Waals surface area (Å²) >= 11 is 1.56. The van der Waals surface area contributed by atoms with E-state index in [1.165, 1.54) is 0 Å². The first-order valence-corrected chi connectivity index (χ1v) is 8.97. The summed E-state index contributed by atoms with van der Waals surface area (Å²) < 4.78 is 1.00. The molecule has 1 aliphatic heterocycles. The summed E-state index contributed by atoms with van der Waals surface area (Å²) in [5, 5.41) is 3.82. The summed E-state index contributed by atoms with van der Waals surface area (Å²) in [4.78, 5) is 41.9. The predicted molar refractivity (Wildman–Crippen MR) is 100 cm³/mol. The lowest BCUT2D eigenvalue weighted by Gasteiger charge is -2.14. The van der Waals surface area contributed by atoms with E-state index in [-0.39, 0.29) is 30.6 Å². The van der Waals surface area contributed by atoms with Gasteiger partial charge in [0.1, 0.15) is 0 Å². The van der Waals surface area contributed by atoms with Gasteiger partial charge in [-0.25, -0.2) is 4.98 Å². The van der Waals surface area contributed by atoms with E-state index in [9.17, 15) is 14.4 Å². The summed E-state index contributed by atoms with van der Waals surface area (Å²) in [5.41, 5.74) is 2.39. The number of nitrogens with one attached hydrogen (secondary N) is 1. The van der Waals surface area contributed by atoms with Crippen molar-refractivity contribution in [3.63, 3.8) is 0 Å². The van der Waals surface area contributed by atoms with Crippen LogP contribution in [0.1, 0.15) is 28.2 Å². The predicted octanol–water partition coefficient (Wildman–Crippen LogP) is 3.51. The SMILES string of the molecule is Cc1nc2ccc(NC(=O)c3cccc(N4C(=O)CCC4=O)c3)cc2s1. The topological polar surface area (TPSA) is 79.4 Å². The number of benzene rings is 2. The first-order valence-electron chi connectivity index (χ1n) is 8.16. The molecule has 3 amide bonds. The number of carbonyl (C=O) groups excluding carboxylic acids is 3. The molecule has 1 aliphatic rings. The molecule has 4 rings (SSSR count). The Morgan fingerprint density at radius 1 is 1.12 bits per heavy atom. The maximum absolute atomic E-state index is 12.6. The van der Waals surface area contributed by atoms with Gasteiger partial charge in [0.25, 0.3) is 5.91 Å². The number of anilines is 2. The molecule has 6 nitrogen and oxygen atoms in total. The first-order chi connectivity index (χ1) is 12.5. The second kappa shape index (κ2) is 6.34. The van der Waals surface area contributed by atoms with E-state index >= 15 is 0 Å². The lowest BCUT2D eigenvalue weighted by molar-refractivity contribution is -0.121. The van der Waals surface area contributed by atoms with Crippen molar-refractivity contribution in [1.29, 1.82) is 0 Å². The smallest absolute Gasteiger partial charge is 0.255 e. The number of aryl methyl sites for hydroxylation is 1. The highest BCUT2D eigenvalue weighted by atomic mass is 32.1. The number of thiazole rings is 1. The Labute approximate surface area is 153 Å². The van der Waals surface area contributed by atoms with Crippen LogP contribution in [0, 0.1) is 6.92 Å². The number of amides is 3. The fraction of sp³-hybridized carbons (Fsp3) is 0.158. The highest BCUT2D eigenvalue weighted by Crippen LogP contribution is 2.26. The molecule has 0 aliphatic carbocycles. The molecular formula is C19H15N3O3S.